The highest BCUT2D eigenvalue weighted by molar-refractivity contribution is 5.56. The Labute approximate surface area is 125 Å². The van der Waals surface area contributed by atoms with Crippen molar-refractivity contribution in [3.8, 4) is 5.75 Å². The number of aryl methyl sites for hydroxylation is 1. The van der Waals surface area contributed by atoms with Crippen molar-refractivity contribution in [1.82, 2.24) is 0 Å². The van der Waals surface area contributed by atoms with Crippen LogP contribution in [-0.2, 0) is 6.42 Å². The second-order valence-electron chi connectivity index (χ2n) is 5.45. The molecule has 2 aromatic rings. The standard InChI is InChI=1S/C18H20FNO/c1-3-21-13-7-9-17(12(2)11-13)20-18-10-8-14-15(18)5-4-6-16(14)19/h4-7,9,11,18,20H,3,8,10H2,1-2H3. The van der Waals surface area contributed by atoms with Gasteiger partial charge in [0.1, 0.15) is 11.6 Å². The van der Waals surface area contributed by atoms with Crippen LogP contribution >= 0.6 is 0 Å². The molecule has 1 aliphatic carbocycles. The van der Waals surface area contributed by atoms with Crippen molar-refractivity contribution < 1.29 is 9.13 Å². The molecule has 0 saturated carbocycles. The lowest BCUT2D eigenvalue weighted by molar-refractivity contribution is 0.340. The molecule has 0 aromatic heterocycles. The van der Waals surface area contributed by atoms with Gasteiger partial charge in [0.05, 0.1) is 12.6 Å². The van der Waals surface area contributed by atoms with Crippen molar-refractivity contribution in [2.24, 2.45) is 0 Å². The largest absolute Gasteiger partial charge is 0.494 e. The summed E-state index contributed by atoms with van der Waals surface area (Å²) in [4.78, 5) is 0. The molecule has 0 radical (unpaired) electrons. The highest BCUT2D eigenvalue weighted by atomic mass is 19.1. The summed E-state index contributed by atoms with van der Waals surface area (Å²) in [7, 11) is 0. The lowest BCUT2D eigenvalue weighted by Crippen LogP contribution is -2.08. The van der Waals surface area contributed by atoms with Crippen LogP contribution in [0.2, 0.25) is 0 Å². The zero-order valence-electron chi connectivity index (χ0n) is 12.4. The quantitative estimate of drug-likeness (QED) is 0.884. The molecule has 0 aliphatic heterocycles. The maximum atomic E-state index is 13.8. The van der Waals surface area contributed by atoms with Gasteiger partial charge in [0.2, 0.25) is 0 Å². The number of rotatable bonds is 4. The molecule has 0 bridgehead atoms. The summed E-state index contributed by atoms with van der Waals surface area (Å²) in [5.74, 6) is 0.804. The smallest absolute Gasteiger partial charge is 0.126 e. The molecular formula is C18H20FNO. The van der Waals surface area contributed by atoms with E-state index < -0.39 is 0 Å². The van der Waals surface area contributed by atoms with Gasteiger partial charge in [-0.15, -0.1) is 0 Å². The second kappa shape index (κ2) is 5.76. The van der Waals surface area contributed by atoms with E-state index in [0.29, 0.717) is 6.61 Å². The number of benzene rings is 2. The fourth-order valence-corrected chi connectivity index (χ4v) is 3.00. The molecule has 1 unspecified atom stereocenters. The fourth-order valence-electron chi connectivity index (χ4n) is 3.00. The molecular weight excluding hydrogens is 265 g/mol. The minimum Gasteiger partial charge on any atom is -0.494 e. The third kappa shape index (κ3) is 2.73. The average molecular weight is 285 g/mol. The maximum Gasteiger partial charge on any atom is 0.126 e. The first-order valence-corrected chi connectivity index (χ1v) is 7.46. The van der Waals surface area contributed by atoms with Crippen LogP contribution in [0.4, 0.5) is 10.1 Å². The van der Waals surface area contributed by atoms with Gasteiger partial charge in [-0.2, -0.15) is 0 Å². The first-order valence-electron chi connectivity index (χ1n) is 7.46. The number of hydrogen-bond acceptors (Lipinski definition) is 2. The number of halogens is 1. The summed E-state index contributed by atoms with van der Waals surface area (Å²) in [6, 6.07) is 11.6. The molecule has 0 amide bonds. The average Bonchev–Trinajstić information content (AvgIpc) is 2.87. The normalized spacial score (nSPS) is 16.6. The zero-order chi connectivity index (χ0) is 14.8. The number of nitrogens with one attached hydrogen (secondary N) is 1. The van der Waals surface area contributed by atoms with Crippen LogP contribution in [0, 0.1) is 12.7 Å². The van der Waals surface area contributed by atoms with E-state index in [1.54, 1.807) is 12.1 Å². The Morgan fingerprint density at radius 3 is 2.90 bits per heavy atom. The first kappa shape index (κ1) is 13.9. The van der Waals surface area contributed by atoms with Crippen LogP contribution in [-0.4, -0.2) is 6.61 Å². The van der Waals surface area contributed by atoms with Crippen molar-refractivity contribution in [2.45, 2.75) is 32.7 Å². The van der Waals surface area contributed by atoms with Gasteiger partial charge in [-0.05, 0) is 67.6 Å². The van der Waals surface area contributed by atoms with Crippen molar-refractivity contribution in [3.63, 3.8) is 0 Å². The Bertz CT molecular complexity index is 654. The number of ether oxygens (including phenoxy) is 1. The third-order valence-electron chi connectivity index (χ3n) is 4.05. The molecule has 0 heterocycles. The van der Waals surface area contributed by atoms with Crippen LogP contribution in [0.25, 0.3) is 0 Å². The molecule has 2 aromatic carbocycles. The summed E-state index contributed by atoms with van der Waals surface area (Å²) >= 11 is 0. The Morgan fingerprint density at radius 2 is 2.14 bits per heavy atom. The maximum absolute atomic E-state index is 13.8. The van der Waals surface area contributed by atoms with E-state index >= 15 is 0 Å². The van der Waals surface area contributed by atoms with Crippen LogP contribution in [0.15, 0.2) is 36.4 Å². The SMILES string of the molecule is CCOc1ccc(NC2CCc3c(F)cccc32)c(C)c1. The minimum atomic E-state index is -0.0831. The molecule has 2 nitrogen and oxygen atoms in total. The number of hydrogen-bond donors (Lipinski definition) is 1. The van der Waals surface area contributed by atoms with Gasteiger partial charge in [0, 0.05) is 5.69 Å². The number of anilines is 1. The topological polar surface area (TPSA) is 21.3 Å². The molecule has 0 saturated heterocycles. The van der Waals surface area contributed by atoms with Crippen LogP contribution < -0.4 is 10.1 Å². The van der Waals surface area contributed by atoms with Gasteiger partial charge < -0.3 is 10.1 Å². The summed E-state index contributed by atoms with van der Waals surface area (Å²) in [5.41, 5.74) is 4.17. The van der Waals surface area contributed by atoms with E-state index in [-0.39, 0.29) is 11.9 Å². The summed E-state index contributed by atoms with van der Waals surface area (Å²) < 4.78 is 19.3. The van der Waals surface area contributed by atoms with E-state index in [9.17, 15) is 4.39 Å². The molecule has 1 aliphatic rings. The van der Waals surface area contributed by atoms with Gasteiger partial charge in [-0.3, -0.25) is 0 Å². The first-order chi connectivity index (χ1) is 10.2. The zero-order valence-corrected chi connectivity index (χ0v) is 12.4. The Morgan fingerprint density at radius 1 is 1.29 bits per heavy atom. The van der Waals surface area contributed by atoms with E-state index in [0.717, 1.165) is 41.0 Å². The molecule has 3 rings (SSSR count). The monoisotopic (exact) mass is 285 g/mol. The van der Waals surface area contributed by atoms with Crippen LogP contribution in [0.5, 0.6) is 5.75 Å². The van der Waals surface area contributed by atoms with Crippen molar-refractivity contribution in [3.05, 3.63) is 58.9 Å². The third-order valence-corrected chi connectivity index (χ3v) is 4.05. The Balaban J connectivity index is 1.81. The molecule has 1 N–H and O–H groups in total. The van der Waals surface area contributed by atoms with Gasteiger partial charge in [-0.1, -0.05) is 12.1 Å². The molecule has 3 heteroatoms. The predicted octanol–water partition coefficient (Wildman–Crippen LogP) is 4.63. The van der Waals surface area contributed by atoms with Gasteiger partial charge in [0.15, 0.2) is 0 Å². The summed E-state index contributed by atoms with van der Waals surface area (Å²) in [5, 5.41) is 3.54. The lowest BCUT2D eigenvalue weighted by atomic mass is 10.1. The predicted molar refractivity (Wildman–Crippen MR) is 83.4 cm³/mol. The van der Waals surface area contributed by atoms with Gasteiger partial charge in [-0.25, -0.2) is 4.39 Å². The lowest BCUT2D eigenvalue weighted by Gasteiger charge is -2.18. The van der Waals surface area contributed by atoms with E-state index in [1.165, 1.54) is 0 Å². The van der Waals surface area contributed by atoms with Crippen molar-refractivity contribution in [2.75, 3.05) is 11.9 Å². The van der Waals surface area contributed by atoms with Gasteiger partial charge >= 0.3 is 0 Å². The Hall–Kier alpha value is -2.03. The van der Waals surface area contributed by atoms with E-state index in [1.807, 2.05) is 31.2 Å². The summed E-state index contributed by atoms with van der Waals surface area (Å²) in [6.07, 6.45) is 1.73. The minimum absolute atomic E-state index is 0.0831. The van der Waals surface area contributed by atoms with Gasteiger partial charge in [0.25, 0.3) is 0 Å². The molecule has 0 fully saturated rings. The van der Waals surface area contributed by atoms with Crippen molar-refractivity contribution in [1.29, 1.82) is 0 Å². The van der Waals surface area contributed by atoms with E-state index in [4.69, 9.17) is 4.74 Å². The highest BCUT2D eigenvalue weighted by Gasteiger charge is 2.24. The number of fused-ring (bicyclic) bond motifs is 1. The Kier molecular flexibility index (Phi) is 3.82. The van der Waals surface area contributed by atoms with Crippen LogP contribution in [0.3, 0.4) is 0 Å². The molecule has 1 atom stereocenters. The van der Waals surface area contributed by atoms with Crippen molar-refractivity contribution >= 4 is 5.69 Å². The molecule has 21 heavy (non-hydrogen) atoms. The van der Waals surface area contributed by atoms with E-state index in [2.05, 4.69) is 12.2 Å². The second-order valence-corrected chi connectivity index (χ2v) is 5.45. The molecule has 110 valence electrons. The molecule has 0 spiro atoms. The highest BCUT2D eigenvalue weighted by Crippen LogP contribution is 2.36. The fraction of sp³-hybridized carbons (Fsp3) is 0.333. The summed E-state index contributed by atoms with van der Waals surface area (Å²) in [6.45, 7) is 4.71. The van der Waals surface area contributed by atoms with Crippen LogP contribution in [0.1, 0.15) is 36.1 Å².